The minimum Gasteiger partial charge on any atom is -0.333 e. The van der Waals surface area contributed by atoms with Crippen LogP contribution in [0.3, 0.4) is 0 Å². The molecule has 2 N–H and O–H groups in total. The number of hydrogen-bond donors (Lipinski definition) is 2. The monoisotopic (exact) mass is 280 g/mol. The number of rotatable bonds is 2. The molecule has 0 aromatic carbocycles. The fourth-order valence-electron chi connectivity index (χ4n) is 2.20. The zero-order valence-electron chi connectivity index (χ0n) is 12.0. The van der Waals surface area contributed by atoms with Gasteiger partial charge in [-0.25, -0.2) is 10.5 Å². The second-order valence-corrected chi connectivity index (χ2v) is 6.23. The molecule has 0 unspecified atom stereocenters. The van der Waals surface area contributed by atoms with Gasteiger partial charge in [0.05, 0.1) is 6.54 Å². The van der Waals surface area contributed by atoms with Crippen molar-refractivity contribution in [3.05, 3.63) is 17.7 Å². The maximum atomic E-state index is 12.2. The van der Waals surface area contributed by atoms with Crippen molar-refractivity contribution in [2.24, 2.45) is 5.41 Å². The number of amides is 2. The van der Waals surface area contributed by atoms with Crippen LogP contribution in [0.5, 0.6) is 0 Å². The van der Waals surface area contributed by atoms with Crippen LogP contribution in [0.2, 0.25) is 0 Å². The number of nitrogens with zero attached hydrogens (tertiary/aromatic N) is 3. The van der Waals surface area contributed by atoms with Gasteiger partial charge in [-0.2, -0.15) is 0 Å². The molecule has 1 aromatic rings. The maximum absolute atomic E-state index is 12.2. The normalized spacial score (nSPS) is 14.9. The zero-order valence-corrected chi connectivity index (χ0v) is 12.0. The smallest absolute Gasteiger partial charge is 0.294 e. The molecule has 7 heteroatoms. The molecule has 2 amide bonds. The molecule has 2 heterocycles. The van der Waals surface area contributed by atoms with Crippen LogP contribution in [0.15, 0.2) is 6.20 Å². The van der Waals surface area contributed by atoms with Crippen molar-refractivity contribution < 1.29 is 14.8 Å². The fraction of sp³-hybridized carbons (Fsp3) is 0.615. The first-order chi connectivity index (χ1) is 9.30. The molecule has 0 radical (unpaired) electrons. The van der Waals surface area contributed by atoms with Crippen molar-refractivity contribution in [3.63, 3.8) is 0 Å². The van der Waals surface area contributed by atoms with E-state index >= 15 is 0 Å². The molecule has 110 valence electrons. The molecule has 0 saturated carbocycles. The Bertz CT molecular complexity index is 530. The van der Waals surface area contributed by atoms with E-state index in [0.29, 0.717) is 31.9 Å². The van der Waals surface area contributed by atoms with Crippen molar-refractivity contribution in [2.75, 3.05) is 6.54 Å². The molecule has 1 aromatic heterocycles. The lowest BCUT2D eigenvalue weighted by atomic mass is 9.91. The van der Waals surface area contributed by atoms with Crippen LogP contribution >= 0.6 is 0 Å². The predicted molar refractivity (Wildman–Crippen MR) is 71.0 cm³/mol. The second kappa shape index (κ2) is 5.24. The highest BCUT2D eigenvalue weighted by atomic mass is 16.5. The van der Waals surface area contributed by atoms with Crippen molar-refractivity contribution >= 4 is 11.8 Å². The molecule has 2 rings (SSSR count). The highest BCUT2D eigenvalue weighted by molar-refractivity contribution is 5.91. The van der Waals surface area contributed by atoms with Gasteiger partial charge in [0.1, 0.15) is 11.5 Å². The number of aromatic nitrogens is 2. The van der Waals surface area contributed by atoms with Crippen molar-refractivity contribution in [1.29, 1.82) is 0 Å². The van der Waals surface area contributed by atoms with Crippen LogP contribution in [0.4, 0.5) is 0 Å². The molecule has 1 aliphatic heterocycles. The van der Waals surface area contributed by atoms with E-state index in [0.717, 1.165) is 0 Å². The second-order valence-electron chi connectivity index (χ2n) is 6.23. The average Bonchev–Trinajstić information content (AvgIpc) is 2.78. The summed E-state index contributed by atoms with van der Waals surface area (Å²) in [5, 5.41) is 8.60. The lowest BCUT2D eigenvalue weighted by molar-refractivity contribution is -0.134. The molecule has 0 spiro atoms. The number of hydroxylamine groups is 1. The van der Waals surface area contributed by atoms with Gasteiger partial charge in [0.25, 0.3) is 5.91 Å². The molecule has 7 nitrogen and oxygen atoms in total. The molecule has 0 aliphatic carbocycles. The topological polar surface area (TPSA) is 87.5 Å². The van der Waals surface area contributed by atoms with Gasteiger partial charge in [0, 0.05) is 25.7 Å². The Morgan fingerprint density at radius 3 is 2.70 bits per heavy atom. The summed E-state index contributed by atoms with van der Waals surface area (Å²) in [6.07, 6.45) is 2.07. The van der Waals surface area contributed by atoms with Crippen molar-refractivity contribution in [3.8, 4) is 0 Å². The number of imidazole rings is 1. The summed E-state index contributed by atoms with van der Waals surface area (Å²) in [7, 11) is 0. The van der Waals surface area contributed by atoms with Gasteiger partial charge in [-0.1, -0.05) is 20.8 Å². The third-order valence-electron chi connectivity index (χ3n) is 3.17. The minimum atomic E-state index is -0.639. The van der Waals surface area contributed by atoms with Crippen LogP contribution in [-0.2, 0) is 17.9 Å². The summed E-state index contributed by atoms with van der Waals surface area (Å²) in [5.74, 6) is 0.122. The Morgan fingerprint density at radius 1 is 1.40 bits per heavy atom. The third kappa shape index (κ3) is 3.16. The lowest BCUT2D eigenvalue weighted by Crippen LogP contribution is -2.39. The quantitative estimate of drug-likeness (QED) is 0.619. The van der Waals surface area contributed by atoms with E-state index in [2.05, 4.69) is 4.98 Å². The Morgan fingerprint density at radius 2 is 2.10 bits per heavy atom. The summed E-state index contributed by atoms with van der Waals surface area (Å²) in [6.45, 7) is 7.70. The van der Waals surface area contributed by atoms with E-state index in [1.54, 1.807) is 16.6 Å². The zero-order chi connectivity index (χ0) is 14.9. The van der Waals surface area contributed by atoms with Gasteiger partial charge in [-0.15, -0.1) is 0 Å². The van der Waals surface area contributed by atoms with Crippen molar-refractivity contribution in [2.45, 2.75) is 40.3 Å². The molecule has 0 fully saturated rings. The number of fused-ring (bicyclic) bond motifs is 1. The van der Waals surface area contributed by atoms with Crippen LogP contribution in [-0.4, -0.2) is 38.0 Å². The van der Waals surface area contributed by atoms with E-state index in [1.165, 1.54) is 0 Å². The number of hydrogen-bond acceptors (Lipinski definition) is 4. The van der Waals surface area contributed by atoms with E-state index in [4.69, 9.17) is 5.21 Å². The first kappa shape index (κ1) is 14.5. The highest BCUT2D eigenvalue weighted by Gasteiger charge is 2.26. The number of carbonyl (C=O) groups is 2. The first-order valence-electron chi connectivity index (χ1n) is 6.58. The van der Waals surface area contributed by atoms with Gasteiger partial charge in [-0.3, -0.25) is 14.8 Å². The first-order valence-corrected chi connectivity index (χ1v) is 6.58. The summed E-state index contributed by atoms with van der Waals surface area (Å²) >= 11 is 0. The lowest BCUT2D eigenvalue weighted by Gasteiger charge is -2.30. The van der Waals surface area contributed by atoms with Crippen LogP contribution in [0.1, 0.15) is 43.5 Å². The summed E-state index contributed by atoms with van der Waals surface area (Å²) < 4.78 is 1.84. The Hall–Kier alpha value is -1.89. The Kier molecular flexibility index (Phi) is 3.80. The third-order valence-corrected chi connectivity index (χ3v) is 3.17. The highest BCUT2D eigenvalue weighted by Crippen LogP contribution is 2.22. The van der Waals surface area contributed by atoms with Gasteiger partial charge < -0.3 is 9.47 Å². The maximum Gasteiger partial charge on any atom is 0.294 e. The van der Waals surface area contributed by atoms with Gasteiger partial charge in [0.15, 0.2) is 0 Å². The Balaban J connectivity index is 2.09. The van der Waals surface area contributed by atoms with Crippen LogP contribution in [0, 0.1) is 5.41 Å². The molecular formula is C13H20N4O3. The molecule has 20 heavy (non-hydrogen) atoms. The molecule has 0 saturated heterocycles. The largest absolute Gasteiger partial charge is 0.333 e. The summed E-state index contributed by atoms with van der Waals surface area (Å²) in [6, 6.07) is 0. The van der Waals surface area contributed by atoms with E-state index in [-0.39, 0.29) is 17.0 Å². The fourth-order valence-corrected chi connectivity index (χ4v) is 2.20. The molecule has 0 atom stereocenters. The van der Waals surface area contributed by atoms with Crippen LogP contribution < -0.4 is 5.48 Å². The van der Waals surface area contributed by atoms with Gasteiger partial charge >= 0.3 is 0 Å². The van der Waals surface area contributed by atoms with Crippen molar-refractivity contribution in [1.82, 2.24) is 19.9 Å². The number of carbonyl (C=O) groups excluding carboxylic acids is 2. The molecular weight excluding hydrogens is 260 g/mol. The Labute approximate surface area is 117 Å². The SMILES string of the molecule is CC(C)(C)CC(=O)N1CCn2cc(C(=O)NO)nc2C1. The number of nitrogens with one attached hydrogen (secondary N) is 1. The van der Waals surface area contributed by atoms with E-state index in [1.807, 2.05) is 25.3 Å². The van der Waals surface area contributed by atoms with Gasteiger partial charge in [-0.05, 0) is 5.41 Å². The minimum absolute atomic E-state index is 0.0497. The summed E-state index contributed by atoms with van der Waals surface area (Å²) in [4.78, 5) is 29.4. The van der Waals surface area contributed by atoms with E-state index < -0.39 is 5.91 Å². The summed E-state index contributed by atoms with van der Waals surface area (Å²) in [5.41, 5.74) is 1.67. The molecule has 0 bridgehead atoms. The standard InChI is InChI=1S/C13H20N4O3/c1-13(2,3)6-11(18)17-5-4-16-7-9(12(19)15-20)14-10(16)8-17/h7,20H,4-6,8H2,1-3H3,(H,15,19). The van der Waals surface area contributed by atoms with E-state index in [9.17, 15) is 9.59 Å². The van der Waals surface area contributed by atoms with Gasteiger partial charge in [0.2, 0.25) is 5.91 Å². The molecule has 1 aliphatic rings. The predicted octanol–water partition coefficient (Wildman–Crippen LogP) is 0.781. The van der Waals surface area contributed by atoms with Crippen LogP contribution in [0.25, 0.3) is 0 Å². The average molecular weight is 280 g/mol.